The van der Waals surface area contributed by atoms with E-state index in [9.17, 15) is 8.42 Å². The van der Waals surface area contributed by atoms with Crippen molar-refractivity contribution in [3.05, 3.63) is 23.8 Å². The van der Waals surface area contributed by atoms with Crippen LogP contribution in [0.2, 0.25) is 0 Å². The number of sulfone groups is 1. The summed E-state index contributed by atoms with van der Waals surface area (Å²) in [6.45, 7) is 1.72. The molecule has 0 saturated heterocycles. The minimum Gasteiger partial charge on any atom is -0.398 e. The first-order valence-corrected chi connectivity index (χ1v) is 7.83. The lowest BCUT2D eigenvalue weighted by atomic mass is 10.1. The molecule has 0 bridgehead atoms. The molecule has 94 valence electrons. The van der Waals surface area contributed by atoms with E-state index in [0.717, 1.165) is 25.2 Å². The zero-order chi connectivity index (χ0) is 12.5. The van der Waals surface area contributed by atoms with E-state index in [2.05, 4.69) is 11.0 Å². The van der Waals surface area contributed by atoms with Gasteiger partial charge in [0.15, 0.2) is 0 Å². The molecule has 1 aliphatic rings. The van der Waals surface area contributed by atoms with Gasteiger partial charge in [-0.2, -0.15) is 0 Å². The Morgan fingerprint density at radius 2 is 2.18 bits per heavy atom. The van der Waals surface area contributed by atoms with E-state index in [1.54, 1.807) is 0 Å². The number of nitrogen functional groups attached to an aromatic ring is 1. The van der Waals surface area contributed by atoms with E-state index in [1.165, 1.54) is 17.5 Å². The third-order valence-corrected chi connectivity index (χ3v) is 4.13. The molecule has 17 heavy (non-hydrogen) atoms. The van der Waals surface area contributed by atoms with Gasteiger partial charge in [-0.1, -0.05) is 6.07 Å². The van der Waals surface area contributed by atoms with Gasteiger partial charge in [0.1, 0.15) is 9.84 Å². The van der Waals surface area contributed by atoms with Crippen molar-refractivity contribution >= 4 is 21.2 Å². The van der Waals surface area contributed by atoms with Crippen molar-refractivity contribution in [3.8, 4) is 0 Å². The van der Waals surface area contributed by atoms with Crippen molar-refractivity contribution in [3.63, 3.8) is 0 Å². The van der Waals surface area contributed by atoms with Gasteiger partial charge in [-0.15, -0.1) is 0 Å². The van der Waals surface area contributed by atoms with Crippen LogP contribution in [0.1, 0.15) is 12.0 Å². The molecule has 1 aromatic rings. The van der Waals surface area contributed by atoms with Crippen LogP contribution < -0.4 is 10.6 Å². The quantitative estimate of drug-likeness (QED) is 0.816. The van der Waals surface area contributed by atoms with Gasteiger partial charge in [0.2, 0.25) is 0 Å². The first-order valence-electron chi connectivity index (χ1n) is 5.77. The van der Waals surface area contributed by atoms with Crippen LogP contribution in [0, 0.1) is 0 Å². The number of nitrogens with two attached hydrogens (primary N) is 1. The van der Waals surface area contributed by atoms with E-state index in [1.807, 2.05) is 12.1 Å². The molecule has 0 amide bonds. The Kier molecular flexibility index (Phi) is 3.28. The van der Waals surface area contributed by atoms with Crippen molar-refractivity contribution in [2.45, 2.75) is 12.8 Å². The fourth-order valence-electron chi connectivity index (χ4n) is 2.28. The molecule has 1 aliphatic heterocycles. The van der Waals surface area contributed by atoms with Crippen molar-refractivity contribution in [1.82, 2.24) is 0 Å². The lowest BCUT2D eigenvalue weighted by Crippen LogP contribution is -2.23. The Labute approximate surface area is 102 Å². The van der Waals surface area contributed by atoms with Crippen molar-refractivity contribution < 1.29 is 8.42 Å². The maximum atomic E-state index is 11.1. The van der Waals surface area contributed by atoms with Crippen LogP contribution >= 0.6 is 0 Å². The largest absolute Gasteiger partial charge is 0.398 e. The molecule has 0 atom stereocenters. The zero-order valence-corrected chi connectivity index (χ0v) is 10.8. The summed E-state index contributed by atoms with van der Waals surface area (Å²) in [6.07, 6.45) is 2.91. The maximum absolute atomic E-state index is 11.1. The second-order valence-electron chi connectivity index (χ2n) is 4.57. The molecule has 0 aliphatic carbocycles. The van der Waals surface area contributed by atoms with E-state index in [-0.39, 0.29) is 5.75 Å². The third kappa shape index (κ3) is 2.91. The Hall–Kier alpha value is -1.23. The number of fused-ring (bicyclic) bond motifs is 1. The van der Waals surface area contributed by atoms with Gasteiger partial charge in [0.25, 0.3) is 0 Å². The topological polar surface area (TPSA) is 63.4 Å². The molecule has 0 unspecified atom stereocenters. The van der Waals surface area contributed by atoms with Crippen LogP contribution in [0.4, 0.5) is 11.4 Å². The Balaban J connectivity index is 2.01. The van der Waals surface area contributed by atoms with E-state index < -0.39 is 9.84 Å². The summed E-state index contributed by atoms with van der Waals surface area (Å²) in [5.41, 5.74) is 9.12. The van der Waals surface area contributed by atoms with Gasteiger partial charge >= 0.3 is 0 Å². The summed E-state index contributed by atoms with van der Waals surface area (Å²) in [6, 6.07) is 5.92. The predicted octanol–water partition coefficient (Wildman–Crippen LogP) is 1.07. The molecule has 0 radical (unpaired) electrons. The maximum Gasteiger partial charge on any atom is 0.147 e. The molecular weight excluding hydrogens is 236 g/mol. The molecule has 0 aromatic heterocycles. The normalized spacial score (nSPS) is 15.0. The Morgan fingerprint density at radius 1 is 1.41 bits per heavy atom. The highest BCUT2D eigenvalue weighted by molar-refractivity contribution is 7.90. The molecule has 5 heteroatoms. The van der Waals surface area contributed by atoms with Crippen molar-refractivity contribution in [1.29, 1.82) is 0 Å². The third-order valence-electron chi connectivity index (χ3n) is 3.10. The molecular formula is C12H18N2O2S. The summed E-state index contributed by atoms with van der Waals surface area (Å²) in [4.78, 5) is 2.22. The monoisotopic (exact) mass is 254 g/mol. The molecule has 0 saturated carbocycles. The van der Waals surface area contributed by atoms with Gasteiger partial charge in [0, 0.05) is 36.3 Å². The highest BCUT2D eigenvalue weighted by atomic mass is 32.2. The van der Waals surface area contributed by atoms with E-state index >= 15 is 0 Å². The summed E-state index contributed by atoms with van der Waals surface area (Å²) < 4.78 is 22.1. The van der Waals surface area contributed by atoms with Crippen LogP contribution in [0.5, 0.6) is 0 Å². The van der Waals surface area contributed by atoms with Crippen LogP contribution in [-0.2, 0) is 16.3 Å². The minimum absolute atomic E-state index is 0.251. The molecule has 2 rings (SSSR count). The van der Waals surface area contributed by atoms with Gasteiger partial charge in [-0.05, 0) is 25.0 Å². The van der Waals surface area contributed by atoms with Crippen LogP contribution in [0.15, 0.2) is 18.2 Å². The standard InChI is InChI=1S/C12H18N2O2S/c1-17(15,16)9-3-7-14-8-6-10-11(13)4-2-5-12(10)14/h2,4-5H,3,6-9,13H2,1H3. The summed E-state index contributed by atoms with van der Waals surface area (Å²) in [5.74, 6) is 0.251. The van der Waals surface area contributed by atoms with Gasteiger partial charge in [-0.25, -0.2) is 8.42 Å². The predicted molar refractivity (Wildman–Crippen MR) is 71.1 cm³/mol. The van der Waals surface area contributed by atoms with Crippen LogP contribution in [0.3, 0.4) is 0 Å². The molecule has 2 N–H and O–H groups in total. The fraction of sp³-hybridized carbons (Fsp3) is 0.500. The highest BCUT2D eigenvalue weighted by Gasteiger charge is 2.20. The zero-order valence-electron chi connectivity index (χ0n) is 10.0. The molecule has 0 spiro atoms. The van der Waals surface area contributed by atoms with Gasteiger partial charge in [0.05, 0.1) is 5.75 Å². The number of rotatable bonds is 4. The molecule has 0 fully saturated rings. The highest BCUT2D eigenvalue weighted by Crippen LogP contribution is 2.31. The summed E-state index contributed by atoms with van der Waals surface area (Å²) in [5, 5.41) is 0. The van der Waals surface area contributed by atoms with E-state index in [4.69, 9.17) is 5.73 Å². The number of anilines is 2. The lowest BCUT2D eigenvalue weighted by Gasteiger charge is -2.19. The number of hydrogen-bond acceptors (Lipinski definition) is 4. The Bertz CT molecular complexity index is 511. The summed E-state index contributed by atoms with van der Waals surface area (Å²) >= 11 is 0. The van der Waals surface area contributed by atoms with Crippen LogP contribution in [0.25, 0.3) is 0 Å². The smallest absolute Gasteiger partial charge is 0.147 e. The van der Waals surface area contributed by atoms with Crippen LogP contribution in [-0.4, -0.2) is 33.5 Å². The number of benzene rings is 1. The number of nitrogens with zero attached hydrogens (tertiary/aromatic N) is 1. The molecule has 4 nitrogen and oxygen atoms in total. The average molecular weight is 254 g/mol. The first kappa shape index (κ1) is 12.2. The molecule has 1 aromatic carbocycles. The fourth-order valence-corrected chi connectivity index (χ4v) is 2.93. The Morgan fingerprint density at radius 3 is 2.88 bits per heavy atom. The van der Waals surface area contributed by atoms with Crippen molar-refractivity contribution in [2.75, 3.05) is 35.7 Å². The minimum atomic E-state index is -2.85. The lowest BCUT2D eigenvalue weighted by molar-refractivity contribution is 0.598. The van der Waals surface area contributed by atoms with Crippen molar-refractivity contribution in [2.24, 2.45) is 0 Å². The summed E-state index contributed by atoms with van der Waals surface area (Å²) in [7, 11) is -2.85. The van der Waals surface area contributed by atoms with Gasteiger partial charge in [-0.3, -0.25) is 0 Å². The number of hydrogen-bond donors (Lipinski definition) is 1. The second kappa shape index (κ2) is 4.56. The second-order valence-corrected chi connectivity index (χ2v) is 6.83. The average Bonchev–Trinajstić information content (AvgIpc) is 2.61. The first-order chi connectivity index (χ1) is 7.97. The van der Waals surface area contributed by atoms with E-state index in [0.29, 0.717) is 6.42 Å². The van der Waals surface area contributed by atoms with Gasteiger partial charge < -0.3 is 10.6 Å². The molecule has 1 heterocycles. The SMILES string of the molecule is CS(=O)(=O)CCCN1CCc2c(N)cccc21.